The number of phosphoric acid groups is 2. The number of nitrogens with one attached hydrogen (secondary N) is 1. The van der Waals surface area contributed by atoms with Crippen molar-refractivity contribution in [3.05, 3.63) is 33.1 Å². The van der Waals surface area contributed by atoms with Gasteiger partial charge in [-0.25, -0.2) is 13.9 Å². The quantitative estimate of drug-likeness (QED) is 0.0782. The number of hydrogen-bond acceptors (Lipinski definition) is 18. The van der Waals surface area contributed by atoms with Crippen LogP contribution in [-0.4, -0.2) is 130 Å². The number of H-pyrrole nitrogens is 1. The third kappa shape index (κ3) is 10.2. The SMILES string of the molecule is COP(=O)(OCC1OC(n2ccc(=O)[nH]c2=O)C(O)C1O)OP(=O)(OC)O[C@H]1OC(CSCCOCCCO)[C@@H](O)[C@H](O)C1C. The molecule has 0 aliphatic carbocycles. The highest BCUT2D eigenvalue weighted by molar-refractivity contribution is 7.99. The van der Waals surface area contributed by atoms with Crippen LogP contribution in [-0.2, 0) is 45.7 Å². The van der Waals surface area contributed by atoms with Crippen molar-refractivity contribution in [1.29, 1.82) is 0 Å². The van der Waals surface area contributed by atoms with Gasteiger partial charge in [0.15, 0.2) is 12.5 Å². The molecule has 45 heavy (non-hydrogen) atoms. The summed E-state index contributed by atoms with van der Waals surface area (Å²) in [4.78, 5) is 25.4. The van der Waals surface area contributed by atoms with E-state index in [0.717, 1.165) is 31.0 Å². The van der Waals surface area contributed by atoms with Crippen molar-refractivity contribution < 1.29 is 71.3 Å². The molecule has 6 N–H and O–H groups in total. The van der Waals surface area contributed by atoms with E-state index in [1.165, 1.54) is 18.7 Å². The van der Waals surface area contributed by atoms with Gasteiger partial charge in [-0.05, 0) is 6.42 Å². The summed E-state index contributed by atoms with van der Waals surface area (Å²) in [5.41, 5.74) is -1.62. The second-order valence-corrected chi connectivity index (χ2v) is 14.7. The third-order valence-electron chi connectivity index (χ3n) is 6.85. The van der Waals surface area contributed by atoms with Gasteiger partial charge in [-0.2, -0.15) is 16.1 Å². The number of aromatic nitrogens is 2. The number of ether oxygens (including phenoxy) is 3. The molecule has 3 rings (SSSR count). The third-order valence-corrected chi connectivity index (χ3v) is 11.3. The Hall–Kier alpha value is -1.03. The van der Waals surface area contributed by atoms with Crippen molar-refractivity contribution in [2.45, 2.75) is 62.5 Å². The molecule has 1 aromatic rings. The molecule has 0 aromatic carbocycles. The first-order chi connectivity index (χ1) is 21.3. The highest BCUT2D eigenvalue weighted by Crippen LogP contribution is 2.66. The van der Waals surface area contributed by atoms with Gasteiger partial charge in [-0.15, -0.1) is 0 Å². The first-order valence-electron chi connectivity index (χ1n) is 13.7. The fourth-order valence-electron chi connectivity index (χ4n) is 4.26. The lowest BCUT2D eigenvalue weighted by Gasteiger charge is -2.41. The molecule has 0 radical (unpaired) electrons. The van der Waals surface area contributed by atoms with E-state index in [-0.39, 0.29) is 12.4 Å². The van der Waals surface area contributed by atoms with Gasteiger partial charge in [0.05, 0.1) is 25.4 Å². The van der Waals surface area contributed by atoms with Crippen molar-refractivity contribution >= 4 is 27.4 Å². The fraction of sp³-hybridized carbons (Fsp3) is 0.826. The predicted molar refractivity (Wildman–Crippen MR) is 154 cm³/mol. The summed E-state index contributed by atoms with van der Waals surface area (Å²) in [5.74, 6) is -0.259. The molecule has 0 bridgehead atoms. The molecule has 8 unspecified atom stereocenters. The molecule has 0 saturated carbocycles. The zero-order valence-corrected chi connectivity index (χ0v) is 27.3. The predicted octanol–water partition coefficient (Wildman–Crippen LogP) is -1.07. The summed E-state index contributed by atoms with van der Waals surface area (Å²) in [6, 6.07) is 0.998. The molecule has 0 amide bonds. The largest absolute Gasteiger partial charge is 0.485 e. The fourth-order valence-corrected chi connectivity index (χ4v) is 8.04. The van der Waals surface area contributed by atoms with Gasteiger partial charge in [0.1, 0.15) is 24.4 Å². The van der Waals surface area contributed by atoms with Gasteiger partial charge in [0.2, 0.25) is 0 Å². The van der Waals surface area contributed by atoms with Crippen LogP contribution in [0.25, 0.3) is 0 Å². The van der Waals surface area contributed by atoms with E-state index in [0.29, 0.717) is 25.4 Å². The second-order valence-electron chi connectivity index (χ2n) is 9.95. The average Bonchev–Trinajstić information content (AvgIpc) is 3.29. The molecular weight excluding hydrogens is 670 g/mol. The molecule has 19 nitrogen and oxygen atoms in total. The van der Waals surface area contributed by atoms with Crippen LogP contribution in [0.1, 0.15) is 19.6 Å². The Morgan fingerprint density at radius 1 is 0.978 bits per heavy atom. The van der Waals surface area contributed by atoms with E-state index in [9.17, 15) is 39.1 Å². The minimum absolute atomic E-state index is 0.0132. The highest BCUT2D eigenvalue weighted by atomic mass is 32.2. The Morgan fingerprint density at radius 3 is 2.31 bits per heavy atom. The summed E-state index contributed by atoms with van der Waals surface area (Å²) >= 11 is 1.34. The Balaban J connectivity index is 1.61. The van der Waals surface area contributed by atoms with E-state index in [2.05, 4.69) is 0 Å². The first kappa shape index (κ1) is 38.4. The summed E-state index contributed by atoms with van der Waals surface area (Å²) in [6.07, 6.45) is -9.80. The summed E-state index contributed by atoms with van der Waals surface area (Å²) in [7, 11) is -7.84. The molecule has 0 spiro atoms. The van der Waals surface area contributed by atoms with Crippen molar-refractivity contribution in [2.24, 2.45) is 5.92 Å². The van der Waals surface area contributed by atoms with E-state index in [4.69, 9.17) is 41.7 Å². The number of aliphatic hydroxyl groups excluding tert-OH is 5. The molecule has 2 saturated heterocycles. The van der Waals surface area contributed by atoms with Gasteiger partial charge in [-0.1, -0.05) is 6.92 Å². The van der Waals surface area contributed by atoms with Gasteiger partial charge in [0, 0.05) is 57.1 Å². The number of nitrogens with zero attached hydrogens (tertiary/aromatic N) is 1. The second kappa shape index (κ2) is 17.4. The van der Waals surface area contributed by atoms with Crippen LogP contribution in [0.4, 0.5) is 0 Å². The van der Waals surface area contributed by atoms with Gasteiger partial charge in [0.25, 0.3) is 5.56 Å². The summed E-state index contributed by atoms with van der Waals surface area (Å²) < 4.78 is 69.4. The van der Waals surface area contributed by atoms with Gasteiger partial charge in [-0.3, -0.25) is 32.4 Å². The Labute approximate surface area is 261 Å². The zero-order valence-electron chi connectivity index (χ0n) is 24.7. The molecule has 3 heterocycles. The maximum atomic E-state index is 13.4. The lowest BCUT2D eigenvalue weighted by Crippen LogP contribution is -2.54. The first-order valence-corrected chi connectivity index (χ1v) is 17.8. The van der Waals surface area contributed by atoms with Gasteiger partial charge >= 0.3 is 21.3 Å². The molecule has 11 atom stereocenters. The molecule has 1 aromatic heterocycles. The van der Waals surface area contributed by atoms with Crippen molar-refractivity contribution in [2.75, 3.05) is 52.2 Å². The lowest BCUT2D eigenvalue weighted by molar-refractivity contribution is -0.247. The minimum atomic E-state index is -4.83. The van der Waals surface area contributed by atoms with Crippen LogP contribution in [0.3, 0.4) is 0 Å². The van der Waals surface area contributed by atoms with E-state index in [1.807, 2.05) is 4.98 Å². The van der Waals surface area contributed by atoms with Crippen LogP contribution in [0.15, 0.2) is 21.9 Å². The van der Waals surface area contributed by atoms with Crippen LogP contribution in [0.5, 0.6) is 0 Å². The smallest absolute Gasteiger partial charge is 0.396 e. The minimum Gasteiger partial charge on any atom is -0.396 e. The number of aromatic amines is 1. The lowest BCUT2D eigenvalue weighted by atomic mass is 9.93. The molecule has 22 heteroatoms. The highest BCUT2D eigenvalue weighted by Gasteiger charge is 2.50. The molecule has 2 fully saturated rings. The molecule has 260 valence electrons. The number of aliphatic hydroxyl groups is 5. The van der Waals surface area contributed by atoms with Crippen LogP contribution in [0.2, 0.25) is 0 Å². The Kier molecular flexibility index (Phi) is 14.8. The normalized spacial score (nSPS) is 33.1. The van der Waals surface area contributed by atoms with Crippen LogP contribution < -0.4 is 11.2 Å². The Bertz CT molecular complexity index is 1280. The molecule has 2 aliphatic rings. The number of thioether (sulfide) groups is 1. The standard InChI is InChI=1S/C23H40N2O17P2S/c1-13-17(28)19(30)15(12-45-10-9-37-8-4-7-26)40-22(13)41-44(34,36-3)42-43(33,35-2)38-11-14-18(29)20(31)21(39-14)25-6-5-16(27)24-23(25)32/h5-6,13-15,17-22,26,28-31H,4,7-12H2,1-3H3,(H,24,27,32)/t13?,14?,15?,17-,18?,19-,20?,21?,22-,43?,44?/m1/s1. The monoisotopic (exact) mass is 710 g/mol. The van der Waals surface area contributed by atoms with Crippen LogP contribution >= 0.6 is 27.4 Å². The topological polar surface area (TPSA) is 264 Å². The Morgan fingerprint density at radius 2 is 1.67 bits per heavy atom. The summed E-state index contributed by atoms with van der Waals surface area (Å²) in [5, 5.41) is 50.7. The van der Waals surface area contributed by atoms with E-state index in [1.54, 1.807) is 0 Å². The average molecular weight is 711 g/mol. The number of rotatable bonds is 18. The molecule has 2 aliphatic heterocycles. The van der Waals surface area contributed by atoms with E-state index >= 15 is 0 Å². The zero-order chi connectivity index (χ0) is 33.4. The maximum Gasteiger partial charge on any atom is 0.485 e. The molecular formula is C23H40N2O17P2S. The number of hydrogen-bond donors (Lipinski definition) is 6. The van der Waals surface area contributed by atoms with Crippen molar-refractivity contribution in [3.63, 3.8) is 0 Å². The summed E-state index contributed by atoms with van der Waals surface area (Å²) in [6.45, 7) is 1.45. The van der Waals surface area contributed by atoms with Crippen molar-refractivity contribution in [1.82, 2.24) is 9.55 Å². The van der Waals surface area contributed by atoms with Crippen LogP contribution in [0, 0.1) is 5.92 Å². The van der Waals surface area contributed by atoms with Gasteiger partial charge < -0.3 is 39.7 Å². The van der Waals surface area contributed by atoms with E-state index < -0.39 is 88.6 Å². The van der Waals surface area contributed by atoms with Crippen molar-refractivity contribution in [3.8, 4) is 0 Å². The maximum absolute atomic E-state index is 13.4. The number of phosphoric ester groups is 2.